The molecule has 0 unspecified atom stereocenters. The van der Waals surface area contributed by atoms with Crippen LogP contribution in [0.25, 0.3) is 10.9 Å². The lowest BCUT2D eigenvalue weighted by atomic mass is 10.2. The minimum absolute atomic E-state index is 0.225. The summed E-state index contributed by atoms with van der Waals surface area (Å²) in [6, 6.07) is 11.0. The average molecular weight is 356 g/mol. The van der Waals surface area contributed by atoms with Crippen LogP contribution in [0.3, 0.4) is 0 Å². The number of thiophene rings is 1. The standard InChI is InChI=1S/C14H14ClN3O2S2/c1-18-12-5-3-2-4-10(12)11(17-18)8-9-16-22(19,20)14-7-6-13(15)21-14/h2-7,16H,8-9H2,1H3. The van der Waals surface area contributed by atoms with Crippen LogP contribution in [0.1, 0.15) is 5.69 Å². The number of para-hydroxylation sites is 1. The fourth-order valence-electron chi connectivity index (χ4n) is 2.29. The summed E-state index contributed by atoms with van der Waals surface area (Å²) >= 11 is 6.82. The Hall–Kier alpha value is -1.41. The number of aromatic nitrogens is 2. The first-order chi connectivity index (χ1) is 10.5. The van der Waals surface area contributed by atoms with E-state index < -0.39 is 10.0 Å². The summed E-state index contributed by atoms with van der Waals surface area (Å²) < 4.78 is 29.3. The van der Waals surface area contributed by atoms with Crippen molar-refractivity contribution in [3.63, 3.8) is 0 Å². The molecule has 1 N–H and O–H groups in total. The van der Waals surface area contributed by atoms with Crippen LogP contribution < -0.4 is 4.72 Å². The van der Waals surface area contributed by atoms with Gasteiger partial charge in [0.2, 0.25) is 10.0 Å². The van der Waals surface area contributed by atoms with E-state index in [2.05, 4.69) is 9.82 Å². The highest BCUT2D eigenvalue weighted by Gasteiger charge is 2.16. The number of fused-ring (bicyclic) bond motifs is 1. The molecule has 8 heteroatoms. The smallest absolute Gasteiger partial charge is 0.250 e. The van der Waals surface area contributed by atoms with Crippen LogP contribution in [0.2, 0.25) is 4.34 Å². The maximum absolute atomic E-state index is 12.1. The molecule has 3 aromatic rings. The summed E-state index contributed by atoms with van der Waals surface area (Å²) in [5.74, 6) is 0. The summed E-state index contributed by atoms with van der Waals surface area (Å²) in [6.45, 7) is 0.291. The normalized spacial score (nSPS) is 12.1. The van der Waals surface area contributed by atoms with Gasteiger partial charge >= 0.3 is 0 Å². The molecule has 0 amide bonds. The third kappa shape index (κ3) is 3.03. The first-order valence-corrected chi connectivity index (χ1v) is 9.31. The maximum atomic E-state index is 12.1. The van der Waals surface area contributed by atoms with E-state index in [9.17, 15) is 8.42 Å². The molecule has 2 aromatic heterocycles. The number of sulfonamides is 1. The van der Waals surface area contributed by atoms with Crippen LogP contribution in [0.4, 0.5) is 0 Å². The minimum atomic E-state index is -3.51. The first-order valence-electron chi connectivity index (χ1n) is 6.63. The fourth-order valence-corrected chi connectivity index (χ4v) is 4.85. The van der Waals surface area contributed by atoms with Crippen LogP contribution in [0.15, 0.2) is 40.6 Å². The van der Waals surface area contributed by atoms with Gasteiger partial charge in [-0.2, -0.15) is 5.10 Å². The van der Waals surface area contributed by atoms with Gasteiger partial charge in [0.15, 0.2) is 0 Å². The SMILES string of the molecule is Cn1nc(CCNS(=O)(=O)c2ccc(Cl)s2)c2ccccc21. The van der Waals surface area contributed by atoms with Crippen molar-refractivity contribution in [1.29, 1.82) is 0 Å². The molecule has 0 saturated heterocycles. The minimum Gasteiger partial charge on any atom is -0.268 e. The van der Waals surface area contributed by atoms with Crippen molar-refractivity contribution in [3.05, 3.63) is 46.4 Å². The summed E-state index contributed by atoms with van der Waals surface area (Å²) in [7, 11) is -1.63. The summed E-state index contributed by atoms with van der Waals surface area (Å²) in [4.78, 5) is 0. The van der Waals surface area contributed by atoms with Crippen LogP contribution in [0, 0.1) is 0 Å². The van der Waals surface area contributed by atoms with E-state index in [1.807, 2.05) is 31.3 Å². The van der Waals surface area contributed by atoms with Gasteiger partial charge in [0.1, 0.15) is 4.21 Å². The van der Waals surface area contributed by atoms with Crippen molar-refractivity contribution in [2.75, 3.05) is 6.54 Å². The second-order valence-corrected chi connectivity index (χ2v) is 8.50. The third-order valence-corrected chi connectivity index (χ3v) is 6.49. The van der Waals surface area contributed by atoms with Gasteiger partial charge in [0.25, 0.3) is 0 Å². The predicted molar refractivity (Wildman–Crippen MR) is 88.9 cm³/mol. The van der Waals surface area contributed by atoms with E-state index in [0.717, 1.165) is 27.9 Å². The zero-order valence-corrected chi connectivity index (χ0v) is 14.2. The van der Waals surface area contributed by atoms with Crippen molar-refractivity contribution in [3.8, 4) is 0 Å². The second kappa shape index (κ2) is 6.00. The Balaban J connectivity index is 1.72. The topological polar surface area (TPSA) is 64.0 Å². The lowest BCUT2D eigenvalue weighted by Crippen LogP contribution is -2.25. The molecule has 0 atom stereocenters. The van der Waals surface area contributed by atoms with E-state index >= 15 is 0 Å². The quantitative estimate of drug-likeness (QED) is 0.765. The number of halogens is 1. The summed E-state index contributed by atoms with van der Waals surface area (Å²) in [5, 5.41) is 5.49. The molecule has 3 rings (SSSR count). The number of hydrogen-bond acceptors (Lipinski definition) is 4. The Morgan fingerprint density at radius 2 is 2.05 bits per heavy atom. The zero-order chi connectivity index (χ0) is 15.7. The summed E-state index contributed by atoms with van der Waals surface area (Å²) in [5.41, 5.74) is 1.91. The highest BCUT2D eigenvalue weighted by atomic mass is 35.5. The van der Waals surface area contributed by atoms with Crippen LogP contribution in [-0.4, -0.2) is 24.7 Å². The van der Waals surface area contributed by atoms with Gasteiger partial charge in [-0.1, -0.05) is 29.8 Å². The van der Waals surface area contributed by atoms with Crippen molar-refractivity contribution < 1.29 is 8.42 Å². The van der Waals surface area contributed by atoms with Crippen LogP contribution in [-0.2, 0) is 23.5 Å². The molecule has 0 spiro atoms. The Kier molecular flexibility index (Phi) is 4.22. The Morgan fingerprint density at radius 3 is 2.77 bits per heavy atom. The number of hydrogen-bond donors (Lipinski definition) is 1. The molecule has 0 saturated carbocycles. The zero-order valence-electron chi connectivity index (χ0n) is 11.8. The van der Waals surface area contributed by atoms with Gasteiger partial charge in [-0.3, -0.25) is 4.68 Å². The van der Waals surface area contributed by atoms with Gasteiger partial charge in [-0.15, -0.1) is 11.3 Å². The molecule has 5 nitrogen and oxygen atoms in total. The van der Waals surface area contributed by atoms with Gasteiger partial charge in [-0.05, 0) is 18.2 Å². The maximum Gasteiger partial charge on any atom is 0.250 e. The van der Waals surface area contributed by atoms with E-state index in [0.29, 0.717) is 17.3 Å². The summed E-state index contributed by atoms with van der Waals surface area (Å²) in [6.07, 6.45) is 0.527. The largest absolute Gasteiger partial charge is 0.268 e. The van der Waals surface area contributed by atoms with E-state index in [4.69, 9.17) is 11.6 Å². The first kappa shape index (κ1) is 15.5. The van der Waals surface area contributed by atoms with Crippen molar-refractivity contribution in [2.45, 2.75) is 10.6 Å². The van der Waals surface area contributed by atoms with Crippen molar-refractivity contribution in [2.24, 2.45) is 7.05 Å². The molecule has 22 heavy (non-hydrogen) atoms. The molecule has 1 aromatic carbocycles. The van der Waals surface area contributed by atoms with Gasteiger partial charge in [-0.25, -0.2) is 13.1 Å². The lowest BCUT2D eigenvalue weighted by Gasteiger charge is -2.03. The van der Waals surface area contributed by atoms with Crippen molar-refractivity contribution >= 4 is 43.9 Å². The molecule has 0 aliphatic heterocycles. The predicted octanol–water partition coefficient (Wildman–Crippen LogP) is 2.81. The van der Waals surface area contributed by atoms with E-state index in [1.54, 1.807) is 10.7 Å². The molecule has 116 valence electrons. The third-order valence-electron chi connectivity index (χ3n) is 3.30. The van der Waals surface area contributed by atoms with Gasteiger partial charge in [0, 0.05) is 25.4 Å². The average Bonchev–Trinajstić information content (AvgIpc) is 3.05. The fraction of sp³-hybridized carbons (Fsp3) is 0.214. The number of aryl methyl sites for hydroxylation is 1. The Bertz CT molecular complexity index is 915. The Labute approximate surface area is 137 Å². The molecular weight excluding hydrogens is 342 g/mol. The number of benzene rings is 1. The van der Waals surface area contributed by atoms with Crippen molar-refractivity contribution in [1.82, 2.24) is 14.5 Å². The van der Waals surface area contributed by atoms with Crippen LogP contribution >= 0.6 is 22.9 Å². The highest BCUT2D eigenvalue weighted by molar-refractivity contribution is 7.91. The Morgan fingerprint density at radius 1 is 1.27 bits per heavy atom. The molecule has 0 bridgehead atoms. The lowest BCUT2D eigenvalue weighted by molar-refractivity contribution is 0.583. The number of nitrogens with zero attached hydrogens (tertiary/aromatic N) is 2. The molecule has 2 heterocycles. The molecular formula is C14H14ClN3O2S2. The molecule has 0 fully saturated rings. The van der Waals surface area contributed by atoms with Gasteiger partial charge < -0.3 is 0 Å². The number of nitrogens with one attached hydrogen (secondary N) is 1. The highest BCUT2D eigenvalue weighted by Crippen LogP contribution is 2.25. The molecule has 0 aliphatic carbocycles. The molecule has 0 aliphatic rings. The van der Waals surface area contributed by atoms with Gasteiger partial charge in [0.05, 0.1) is 15.5 Å². The van der Waals surface area contributed by atoms with E-state index in [1.165, 1.54) is 6.07 Å². The van der Waals surface area contributed by atoms with Crippen LogP contribution in [0.5, 0.6) is 0 Å². The monoisotopic (exact) mass is 355 g/mol. The second-order valence-electron chi connectivity index (χ2n) is 4.79. The number of rotatable bonds is 5. The van der Waals surface area contributed by atoms with E-state index in [-0.39, 0.29) is 4.21 Å². The molecule has 0 radical (unpaired) electrons.